The molecule has 2 saturated heterocycles. The van der Waals surface area contributed by atoms with E-state index in [2.05, 4.69) is 20.8 Å². The highest BCUT2D eigenvalue weighted by atomic mass is 35.5. The van der Waals surface area contributed by atoms with E-state index < -0.39 is 0 Å². The number of H-pyrrole nitrogens is 1. The van der Waals surface area contributed by atoms with Crippen molar-refractivity contribution in [3.05, 3.63) is 53.9 Å². The van der Waals surface area contributed by atoms with Gasteiger partial charge in [0, 0.05) is 56.9 Å². The van der Waals surface area contributed by atoms with Gasteiger partial charge in [-0.05, 0) is 56.2 Å². The number of aryl methyl sites for hydroxylation is 1. The van der Waals surface area contributed by atoms with E-state index in [0.717, 1.165) is 31.2 Å². The van der Waals surface area contributed by atoms with Crippen molar-refractivity contribution in [1.29, 1.82) is 0 Å². The molecule has 4 rings (SSSR count). The van der Waals surface area contributed by atoms with Gasteiger partial charge in [0.2, 0.25) is 11.8 Å². The van der Waals surface area contributed by atoms with Crippen molar-refractivity contribution in [3.8, 4) is 0 Å². The Balaban J connectivity index is 0.00000361. The van der Waals surface area contributed by atoms with Gasteiger partial charge in [-0.15, -0.1) is 12.4 Å². The minimum Gasteiger partial charge on any atom is -0.355 e. The second-order valence-corrected chi connectivity index (χ2v) is 9.41. The summed E-state index contributed by atoms with van der Waals surface area (Å²) in [6, 6.07) is 8.96. The van der Waals surface area contributed by atoms with Crippen LogP contribution in [0.25, 0.3) is 0 Å². The molecule has 36 heavy (non-hydrogen) atoms. The Bertz CT molecular complexity index is 971. The van der Waals surface area contributed by atoms with E-state index in [1.165, 1.54) is 0 Å². The highest BCUT2D eigenvalue weighted by Gasteiger charge is 2.35. The number of nitrogens with zero attached hydrogens (tertiary/aromatic N) is 3. The number of hydrogen-bond acceptors (Lipinski definition) is 5. The Labute approximate surface area is 218 Å². The monoisotopic (exact) mass is 516 g/mol. The summed E-state index contributed by atoms with van der Waals surface area (Å²) < 4.78 is 0. The molecular weight excluding hydrogens is 480 g/mol. The van der Waals surface area contributed by atoms with Gasteiger partial charge in [0.1, 0.15) is 0 Å². The molecule has 3 amide bonds. The van der Waals surface area contributed by atoms with Gasteiger partial charge in [-0.2, -0.15) is 5.10 Å². The van der Waals surface area contributed by atoms with Crippen LogP contribution in [0.3, 0.4) is 0 Å². The molecule has 0 aliphatic carbocycles. The molecule has 2 aromatic rings. The predicted molar refractivity (Wildman–Crippen MR) is 140 cm³/mol. The molecule has 2 aliphatic rings. The molecule has 3 N–H and O–H groups in total. The van der Waals surface area contributed by atoms with Crippen molar-refractivity contribution in [2.24, 2.45) is 0 Å². The van der Waals surface area contributed by atoms with Gasteiger partial charge >= 0.3 is 0 Å². The molecule has 2 fully saturated rings. The minimum absolute atomic E-state index is 0. The fraction of sp³-hybridized carbons (Fsp3) is 0.538. The highest BCUT2D eigenvalue weighted by molar-refractivity contribution is 5.94. The number of carbonyl (C=O) groups excluding carboxylic acids is 3. The van der Waals surface area contributed by atoms with Crippen LogP contribution in [-0.2, 0) is 16.0 Å². The number of benzene rings is 1. The zero-order valence-electron chi connectivity index (χ0n) is 20.7. The van der Waals surface area contributed by atoms with Gasteiger partial charge in [0.15, 0.2) is 0 Å². The molecule has 0 saturated carbocycles. The lowest BCUT2D eigenvalue weighted by molar-refractivity contribution is -0.131. The lowest BCUT2D eigenvalue weighted by atomic mass is 10.1. The van der Waals surface area contributed by atoms with Crippen molar-refractivity contribution in [2.45, 2.75) is 57.0 Å². The SMILES string of the molecule is Cl.O=C1NCCCCN(C(=O)CCCc2cn[nH]c2)CCCN(C(=O)c2ccccc2)[C@@H]2CN[C@H]1C2. The Kier molecular flexibility index (Phi) is 10.8. The van der Waals surface area contributed by atoms with E-state index in [1.54, 1.807) is 6.20 Å². The first-order chi connectivity index (χ1) is 17.1. The Morgan fingerprint density at radius 1 is 1.06 bits per heavy atom. The summed E-state index contributed by atoms with van der Waals surface area (Å²) in [5.41, 5.74) is 1.75. The summed E-state index contributed by atoms with van der Waals surface area (Å²) in [6.07, 6.45) is 8.71. The molecular formula is C26H37ClN6O3. The van der Waals surface area contributed by atoms with E-state index in [9.17, 15) is 14.4 Å². The maximum atomic E-state index is 13.4. The first kappa shape index (κ1) is 27.7. The first-order valence-electron chi connectivity index (χ1n) is 12.7. The summed E-state index contributed by atoms with van der Waals surface area (Å²) in [5.74, 6) is 0.112. The fourth-order valence-corrected chi connectivity index (χ4v) is 4.92. The van der Waals surface area contributed by atoms with E-state index in [-0.39, 0.29) is 42.2 Å². The lowest BCUT2D eigenvalue weighted by Gasteiger charge is -2.31. The first-order valence-corrected chi connectivity index (χ1v) is 12.7. The molecule has 0 unspecified atom stereocenters. The van der Waals surface area contributed by atoms with Crippen LogP contribution in [0.2, 0.25) is 0 Å². The van der Waals surface area contributed by atoms with Gasteiger partial charge in [0.25, 0.3) is 5.91 Å². The minimum atomic E-state index is -0.276. The van der Waals surface area contributed by atoms with Crippen molar-refractivity contribution < 1.29 is 14.4 Å². The third-order valence-electron chi connectivity index (χ3n) is 6.89. The molecule has 1 aromatic heterocycles. The largest absolute Gasteiger partial charge is 0.355 e. The maximum absolute atomic E-state index is 13.4. The van der Waals surface area contributed by atoms with Crippen molar-refractivity contribution in [1.82, 2.24) is 30.6 Å². The van der Waals surface area contributed by atoms with Crippen molar-refractivity contribution in [3.63, 3.8) is 0 Å². The molecule has 10 heteroatoms. The summed E-state index contributed by atoms with van der Waals surface area (Å²) >= 11 is 0. The van der Waals surface area contributed by atoms with E-state index in [4.69, 9.17) is 0 Å². The van der Waals surface area contributed by atoms with Gasteiger partial charge in [-0.3, -0.25) is 19.5 Å². The van der Waals surface area contributed by atoms with Crippen LogP contribution in [0.15, 0.2) is 42.7 Å². The normalized spacial score (nSPS) is 21.3. The van der Waals surface area contributed by atoms with E-state index in [1.807, 2.05) is 46.3 Å². The van der Waals surface area contributed by atoms with Gasteiger partial charge in [-0.25, -0.2) is 0 Å². The number of aromatic amines is 1. The second kappa shape index (κ2) is 14.0. The third-order valence-corrected chi connectivity index (χ3v) is 6.89. The summed E-state index contributed by atoms with van der Waals surface area (Å²) in [6.45, 7) is 3.02. The molecule has 2 bridgehead atoms. The van der Waals surface area contributed by atoms with Crippen LogP contribution >= 0.6 is 12.4 Å². The summed E-state index contributed by atoms with van der Waals surface area (Å²) in [7, 11) is 0. The third kappa shape index (κ3) is 7.54. The van der Waals surface area contributed by atoms with Crippen LogP contribution in [0.5, 0.6) is 0 Å². The van der Waals surface area contributed by atoms with E-state index in [0.29, 0.717) is 57.5 Å². The molecule has 1 aromatic carbocycles. The van der Waals surface area contributed by atoms with Crippen LogP contribution in [0.1, 0.15) is 54.4 Å². The quantitative estimate of drug-likeness (QED) is 0.564. The van der Waals surface area contributed by atoms with Gasteiger partial charge in [0.05, 0.1) is 12.2 Å². The number of rotatable bonds is 5. The smallest absolute Gasteiger partial charge is 0.254 e. The van der Waals surface area contributed by atoms with Crippen LogP contribution in [-0.4, -0.2) is 82.5 Å². The Hall–Kier alpha value is -2.91. The predicted octanol–water partition coefficient (Wildman–Crippen LogP) is 2.16. The van der Waals surface area contributed by atoms with Crippen LogP contribution in [0, 0.1) is 0 Å². The summed E-state index contributed by atoms with van der Waals surface area (Å²) in [4.78, 5) is 42.9. The topological polar surface area (TPSA) is 110 Å². The Morgan fingerprint density at radius 2 is 1.86 bits per heavy atom. The number of halogens is 1. The number of hydrogen-bond donors (Lipinski definition) is 3. The molecule has 3 heterocycles. The lowest BCUT2D eigenvalue weighted by Crippen LogP contribution is -2.44. The second-order valence-electron chi connectivity index (χ2n) is 9.41. The number of fused-ring (bicyclic) bond motifs is 2. The number of carbonyl (C=O) groups is 3. The average Bonchev–Trinajstić information content (AvgIpc) is 3.57. The highest BCUT2D eigenvalue weighted by Crippen LogP contribution is 2.19. The summed E-state index contributed by atoms with van der Waals surface area (Å²) in [5, 5.41) is 13.1. The molecule has 2 atom stereocenters. The van der Waals surface area contributed by atoms with Gasteiger partial charge in [-0.1, -0.05) is 18.2 Å². The molecule has 9 nitrogen and oxygen atoms in total. The fourth-order valence-electron chi connectivity index (χ4n) is 4.92. The number of nitrogens with one attached hydrogen (secondary N) is 3. The molecule has 0 radical (unpaired) electrons. The van der Waals surface area contributed by atoms with Crippen molar-refractivity contribution >= 4 is 30.1 Å². The molecule has 2 aliphatic heterocycles. The van der Waals surface area contributed by atoms with E-state index >= 15 is 0 Å². The number of aromatic nitrogens is 2. The van der Waals surface area contributed by atoms with Gasteiger partial charge < -0.3 is 20.4 Å². The molecule has 196 valence electrons. The average molecular weight is 517 g/mol. The van der Waals surface area contributed by atoms with Crippen LogP contribution in [0.4, 0.5) is 0 Å². The Morgan fingerprint density at radius 3 is 2.64 bits per heavy atom. The van der Waals surface area contributed by atoms with Crippen LogP contribution < -0.4 is 10.6 Å². The maximum Gasteiger partial charge on any atom is 0.254 e. The zero-order valence-corrected chi connectivity index (χ0v) is 21.5. The zero-order chi connectivity index (χ0) is 24.5. The molecule has 0 spiro atoms. The van der Waals surface area contributed by atoms with Crippen molar-refractivity contribution in [2.75, 3.05) is 32.7 Å². The number of amides is 3. The standard InChI is InChI=1S/C26H36N6O3.ClH/c33-24(11-6-8-20-17-29-30-18-20)31-13-5-4-12-27-25(34)23-16-22(19-28-23)32(15-7-14-31)26(35)21-9-2-1-3-10-21;/h1-3,9-10,17-18,22-23,28H,4-8,11-16,19H2,(H,27,34)(H,29,30);1H/t22-,23-;/m0./s1.